The van der Waals surface area contributed by atoms with Gasteiger partial charge < -0.3 is 5.32 Å². The maximum absolute atomic E-state index is 10.9. The van der Waals surface area contributed by atoms with Crippen LogP contribution < -0.4 is 5.32 Å². The first-order chi connectivity index (χ1) is 7.70. The standard InChI is InChI=1S/C11H13ClN2O2/c12-10-7-13-6-5-8(10)9-3-1-2-4-11(9)14(15)16/h1-4,8,10,13H,5-7H2. The first kappa shape index (κ1) is 11.4. The van der Waals surface area contributed by atoms with E-state index in [1.54, 1.807) is 12.1 Å². The lowest BCUT2D eigenvalue weighted by molar-refractivity contribution is -0.385. The number of nitrogens with zero attached hydrogens (tertiary/aromatic N) is 1. The first-order valence-electron chi connectivity index (χ1n) is 5.28. The van der Waals surface area contributed by atoms with E-state index in [1.165, 1.54) is 0 Å². The van der Waals surface area contributed by atoms with Crippen LogP contribution in [0.1, 0.15) is 17.9 Å². The second kappa shape index (κ2) is 4.80. The predicted octanol–water partition coefficient (Wildman–Crippen LogP) is 2.28. The molecule has 5 heteroatoms. The summed E-state index contributed by atoms with van der Waals surface area (Å²) in [7, 11) is 0. The molecule has 0 bridgehead atoms. The zero-order valence-electron chi connectivity index (χ0n) is 8.73. The van der Waals surface area contributed by atoms with E-state index < -0.39 is 0 Å². The van der Waals surface area contributed by atoms with Crippen LogP contribution in [0.4, 0.5) is 5.69 Å². The van der Waals surface area contributed by atoms with Gasteiger partial charge in [0.05, 0.1) is 10.3 Å². The van der Waals surface area contributed by atoms with Crippen LogP contribution in [0.5, 0.6) is 0 Å². The molecule has 1 saturated heterocycles. The van der Waals surface area contributed by atoms with Crippen LogP contribution in [0.3, 0.4) is 0 Å². The van der Waals surface area contributed by atoms with Crippen LogP contribution in [-0.4, -0.2) is 23.4 Å². The summed E-state index contributed by atoms with van der Waals surface area (Å²) in [4.78, 5) is 10.6. The fourth-order valence-electron chi connectivity index (χ4n) is 2.14. The SMILES string of the molecule is O=[N+]([O-])c1ccccc1C1CCNCC1Cl. The van der Waals surface area contributed by atoms with E-state index in [0.717, 1.165) is 18.5 Å². The summed E-state index contributed by atoms with van der Waals surface area (Å²) in [5, 5.41) is 14.0. The highest BCUT2D eigenvalue weighted by atomic mass is 35.5. The number of nitro benzene ring substituents is 1. The maximum Gasteiger partial charge on any atom is 0.272 e. The fourth-order valence-corrected chi connectivity index (χ4v) is 2.51. The molecule has 16 heavy (non-hydrogen) atoms. The van der Waals surface area contributed by atoms with Gasteiger partial charge in [0.25, 0.3) is 5.69 Å². The lowest BCUT2D eigenvalue weighted by atomic mass is 9.89. The highest BCUT2D eigenvalue weighted by Gasteiger charge is 2.29. The van der Waals surface area contributed by atoms with Crippen molar-refractivity contribution in [3.63, 3.8) is 0 Å². The maximum atomic E-state index is 10.9. The number of nitro groups is 1. The second-order valence-corrected chi connectivity index (χ2v) is 4.49. The Hall–Kier alpha value is -1.13. The lowest BCUT2D eigenvalue weighted by Gasteiger charge is -2.27. The molecule has 1 aromatic carbocycles. The van der Waals surface area contributed by atoms with Gasteiger partial charge in [-0.3, -0.25) is 10.1 Å². The number of benzene rings is 1. The fraction of sp³-hybridized carbons (Fsp3) is 0.455. The van der Waals surface area contributed by atoms with Crippen LogP contribution in [0.15, 0.2) is 24.3 Å². The minimum absolute atomic E-state index is 0.0736. The Bertz CT molecular complexity index is 397. The topological polar surface area (TPSA) is 55.2 Å². The highest BCUT2D eigenvalue weighted by Crippen LogP contribution is 2.34. The number of para-hydroxylation sites is 1. The van der Waals surface area contributed by atoms with Crippen LogP contribution in [0.25, 0.3) is 0 Å². The Morgan fingerprint density at radius 1 is 1.44 bits per heavy atom. The van der Waals surface area contributed by atoms with Crippen molar-refractivity contribution in [1.29, 1.82) is 0 Å². The molecule has 0 aromatic heterocycles. The van der Waals surface area contributed by atoms with Gasteiger partial charge in [-0.05, 0) is 13.0 Å². The normalized spacial score (nSPS) is 25.3. The molecule has 1 aliphatic rings. The summed E-state index contributed by atoms with van der Waals surface area (Å²) in [5.74, 6) is 0.0736. The van der Waals surface area contributed by atoms with Gasteiger partial charge in [-0.25, -0.2) is 0 Å². The number of hydrogen-bond acceptors (Lipinski definition) is 3. The van der Waals surface area contributed by atoms with Gasteiger partial charge in [-0.1, -0.05) is 18.2 Å². The van der Waals surface area contributed by atoms with Crippen LogP contribution >= 0.6 is 11.6 Å². The number of hydrogen-bond donors (Lipinski definition) is 1. The van der Waals surface area contributed by atoms with Crippen molar-refractivity contribution in [2.24, 2.45) is 0 Å². The zero-order chi connectivity index (χ0) is 11.5. The van der Waals surface area contributed by atoms with Gasteiger partial charge >= 0.3 is 0 Å². The minimum atomic E-state index is -0.332. The lowest BCUT2D eigenvalue weighted by Crippen LogP contribution is -2.36. The monoisotopic (exact) mass is 240 g/mol. The van der Waals surface area contributed by atoms with Crippen molar-refractivity contribution in [2.45, 2.75) is 17.7 Å². The van der Waals surface area contributed by atoms with Crippen LogP contribution in [0, 0.1) is 10.1 Å². The van der Waals surface area contributed by atoms with Crippen molar-refractivity contribution < 1.29 is 4.92 Å². The molecule has 2 rings (SSSR count). The molecule has 86 valence electrons. The molecule has 0 aliphatic carbocycles. The third kappa shape index (κ3) is 2.18. The molecule has 0 amide bonds. The van der Waals surface area contributed by atoms with E-state index in [4.69, 9.17) is 11.6 Å². The molecule has 1 aliphatic heterocycles. The molecule has 0 spiro atoms. The molecule has 2 atom stereocenters. The molecule has 4 nitrogen and oxygen atoms in total. The molecule has 1 heterocycles. The summed E-state index contributed by atoms with van der Waals surface area (Å²) < 4.78 is 0. The van der Waals surface area contributed by atoms with E-state index in [1.807, 2.05) is 12.1 Å². The smallest absolute Gasteiger partial charge is 0.272 e. The van der Waals surface area contributed by atoms with Crippen LogP contribution in [0.2, 0.25) is 0 Å². The van der Waals surface area contributed by atoms with E-state index in [9.17, 15) is 10.1 Å². The molecule has 1 N–H and O–H groups in total. The third-order valence-corrected chi connectivity index (χ3v) is 3.40. The Balaban J connectivity index is 2.34. The number of piperidine rings is 1. The Morgan fingerprint density at radius 3 is 2.88 bits per heavy atom. The molecule has 1 aromatic rings. The average molecular weight is 241 g/mol. The minimum Gasteiger partial charge on any atom is -0.315 e. The predicted molar refractivity (Wildman–Crippen MR) is 63.0 cm³/mol. The quantitative estimate of drug-likeness (QED) is 0.490. The van der Waals surface area contributed by atoms with Crippen LogP contribution in [-0.2, 0) is 0 Å². The van der Waals surface area contributed by atoms with Crippen molar-refractivity contribution in [3.05, 3.63) is 39.9 Å². The Kier molecular flexibility index (Phi) is 3.41. The summed E-state index contributed by atoms with van der Waals surface area (Å²) in [5.41, 5.74) is 0.939. The van der Waals surface area contributed by atoms with Gasteiger partial charge in [0, 0.05) is 24.1 Å². The van der Waals surface area contributed by atoms with Gasteiger partial charge in [0.15, 0.2) is 0 Å². The Morgan fingerprint density at radius 2 is 2.19 bits per heavy atom. The summed E-state index contributed by atoms with van der Waals surface area (Å²) in [6, 6.07) is 6.87. The van der Waals surface area contributed by atoms with Gasteiger partial charge in [0.1, 0.15) is 0 Å². The second-order valence-electron chi connectivity index (χ2n) is 3.93. The molecule has 0 saturated carbocycles. The van der Waals surface area contributed by atoms with Crippen molar-refractivity contribution in [1.82, 2.24) is 5.32 Å². The van der Waals surface area contributed by atoms with Gasteiger partial charge in [-0.2, -0.15) is 0 Å². The first-order valence-corrected chi connectivity index (χ1v) is 5.72. The van der Waals surface area contributed by atoms with E-state index in [-0.39, 0.29) is 21.9 Å². The molecular formula is C11H13ClN2O2. The number of halogens is 1. The van der Waals surface area contributed by atoms with E-state index in [0.29, 0.717) is 6.54 Å². The molecule has 1 fully saturated rings. The highest BCUT2D eigenvalue weighted by molar-refractivity contribution is 6.21. The molecule has 0 radical (unpaired) electrons. The largest absolute Gasteiger partial charge is 0.315 e. The summed E-state index contributed by atoms with van der Waals surface area (Å²) in [6.45, 7) is 1.57. The number of nitrogens with one attached hydrogen (secondary N) is 1. The van der Waals surface area contributed by atoms with Crippen molar-refractivity contribution >= 4 is 17.3 Å². The zero-order valence-corrected chi connectivity index (χ0v) is 9.48. The molecule has 2 unspecified atom stereocenters. The van der Waals surface area contributed by atoms with Crippen molar-refractivity contribution in [3.8, 4) is 0 Å². The number of rotatable bonds is 2. The average Bonchev–Trinajstić information content (AvgIpc) is 2.29. The van der Waals surface area contributed by atoms with E-state index in [2.05, 4.69) is 5.32 Å². The summed E-state index contributed by atoms with van der Waals surface area (Å²) >= 11 is 6.21. The number of alkyl halides is 1. The third-order valence-electron chi connectivity index (χ3n) is 2.94. The Labute approximate surface area is 98.8 Å². The van der Waals surface area contributed by atoms with Crippen molar-refractivity contribution in [2.75, 3.05) is 13.1 Å². The van der Waals surface area contributed by atoms with Gasteiger partial charge in [-0.15, -0.1) is 11.6 Å². The summed E-state index contributed by atoms with van der Waals surface area (Å²) in [6.07, 6.45) is 0.846. The van der Waals surface area contributed by atoms with Gasteiger partial charge in [0.2, 0.25) is 0 Å². The molecular weight excluding hydrogens is 228 g/mol. The van der Waals surface area contributed by atoms with E-state index >= 15 is 0 Å².